The summed E-state index contributed by atoms with van der Waals surface area (Å²) in [5.41, 5.74) is 3.88. The number of aryl methyl sites for hydroxylation is 1. The summed E-state index contributed by atoms with van der Waals surface area (Å²) in [5.74, 6) is 0. The lowest BCUT2D eigenvalue weighted by atomic mass is 9.98. The summed E-state index contributed by atoms with van der Waals surface area (Å²) in [6, 6.07) is 17.2. The molecule has 0 heterocycles. The van der Waals surface area contributed by atoms with E-state index < -0.39 is 0 Å². The summed E-state index contributed by atoms with van der Waals surface area (Å²) >= 11 is 6.23. The van der Waals surface area contributed by atoms with E-state index >= 15 is 0 Å². The van der Waals surface area contributed by atoms with Gasteiger partial charge in [0.05, 0.1) is 0 Å². The van der Waals surface area contributed by atoms with E-state index in [2.05, 4.69) is 42.6 Å². The molecule has 1 unspecified atom stereocenters. The molecule has 19 heavy (non-hydrogen) atoms. The molecule has 0 saturated heterocycles. The molecule has 0 aliphatic heterocycles. The predicted octanol–water partition coefficient (Wildman–Crippen LogP) is 4.02. The molecule has 100 valence electrons. The molecule has 0 aliphatic carbocycles. The minimum Gasteiger partial charge on any atom is -0.316 e. The maximum Gasteiger partial charge on any atom is 0.0438 e. The van der Waals surface area contributed by atoms with Crippen molar-refractivity contribution in [3.05, 3.63) is 70.2 Å². The summed E-state index contributed by atoms with van der Waals surface area (Å²) in [6.07, 6.45) is 1.97. The highest BCUT2D eigenvalue weighted by atomic mass is 35.5. The SMILES string of the molecule is CNC(Cc1cccc(C)c1)Cc1ccccc1Cl. The van der Waals surface area contributed by atoms with Crippen LogP contribution in [0.3, 0.4) is 0 Å². The second-order valence-electron chi connectivity index (χ2n) is 4.97. The Hall–Kier alpha value is -1.31. The fraction of sp³-hybridized carbons (Fsp3) is 0.294. The molecular weight excluding hydrogens is 254 g/mol. The number of nitrogens with one attached hydrogen (secondary N) is 1. The van der Waals surface area contributed by atoms with Gasteiger partial charge >= 0.3 is 0 Å². The zero-order valence-electron chi connectivity index (χ0n) is 11.5. The van der Waals surface area contributed by atoms with Crippen molar-refractivity contribution in [3.8, 4) is 0 Å². The summed E-state index contributed by atoms with van der Waals surface area (Å²) in [6.45, 7) is 2.13. The van der Waals surface area contributed by atoms with Crippen molar-refractivity contribution < 1.29 is 0 Å². The van der Waals surface area contributed by atoms with Crippen LogP contribution in [0.5, 0.6) is 0 Å². The minimum atomic E-state index is 0.404. The summed E-state index contributed by atoms with van der Waals surface area (Å²) in [7, 11) is 2.01. The standard InChI is InChI=1S/C17H20ClN/c1-13-6-5-7-14(10-13)11-16(19-2)12-15-8-3-4-9-17(15)18/h3-10,16,19H,11-12H2,1-2H3. The van der Waals surface area contributed by atoms with Gasteiger partial charge in [-0.2, -0.15) is 0 Å². The van der Waals surface area contributed by atoms with Gasteiger partial charge in [0.15, 0.2) is 0 Å². The maximum atomic E-state index is 6.23. The molecule has 0 fully saturated rings. The predicted molar refractivity (Wildman–Crippen MR) is 82.9 cm³/mol. The Balaban J connectivity index is 2.07. The largest absolute Gasteiger partial charge is 0.316 e. The monoisotopic (exact) mass is 273 g/mol. The van der Waals surface area contributed by atoms with E-state index in [4.69, 9.17) is 11.6 Å². The maximum absolute atomic E-state index is 6.23. The van der Waals surface area contributed by atoms with E-state index in [9.17, 15) is 0 Å². The molecule has 0 spiro atoms. The zero-order chi connectivity index (χ0) is 13.7. The Labute approximate surface area is 120 Å². The first kappa shape index (κ1) is 14.1. The molecule has 2 rings (SSSR count). The third-order valence-electron chi connectivity index (χ3n) is 3.40. The molecule has 0 radical (unpaired) electrons. The van der Waals surface area contributed by atoms with Gasteiger partial charge in [-0.05, 0) is 44.0 Å². The molecule has 0 aliphatic rings. The smallest absolute Gasteiger partial charge is 0.0438 e. The van der Waals surface area contributed by atoms with E-state index in [0.29, 0.717) is 6.04 Å². The average Bonchev–Trinajstić information content (AvgIpc) is 2.40. The highest BCUT2D eigenvalue weighted by Gasteiger charge is 2.10. The Morgan fingerprint density at radius 2 is 1.84 bits per heavy atom. The van der Waals surface area contributed by atoms with Gasteiger partial charge in [-0.3, -0.25) is 0 Å². The minimum absolute atomic E-state index is 0.404. The molecule has 1 atom stereocenters. The van der Waals surface area contributed by atoms with Crippen molar-refractivity contribution in [2.45, 2.75) is 25.8 Å². The molecular formula is C17H20ClN. The van der Waals surface area contributed by atoms with Gasteiger partial charge in [-0.1, -0.05) is 59.6 Å². The summed E-state index contributed by atoms with van der Waals surface area (Å²) in [4.78, 5) is 0. The Morgan fingerprint density at radius 1 is 1.05 bits per heavy atom. The van der Waals surface area contributed by atoms with Gasteiger partial charge in [0.25, 0.3) is 0 Å². The van der Waals surface area contributed by atoms with Crippen LogP contribution in [0.1, 0.15) is 16.7 Å². The van der Waals surface area contributed by atoms with Gasteiger partial charge in [-0.15, -0.1) is 0 Å². The molecule has 2 aromatic rings. The lowest BCUT2D eigenvalue weighted by Gasteiger charge is -2.17. The van der Waals surface area contributed by atoms with Crippen LogP contribution in [0.15, 0.2) is 48.5 Å². The second-order valence-corrected chi connectivity index (χ2v) is 5.38. The number of likely N-dealkylation sites (N-methyl/N-ethyl adjacent to an activating group) is 1. The van der Waals surface area contributed by atoms with Crippen LogP contribution in [0.25, 0.3) is 0 Å². The quantitative estimate of drug-likeness (QED) is 0.868. The molecule has 2 heteroatoms. The molecule has 1 N–H and O–H groups in total. The normalized spacial score (nSPS) is 12.4. The molecule has 2 aromatic carbocycles. The van der Waals surface area contributed by atoms with Crippen molar-refractivity contribution >= 4 is 11.6 Å². The third-order valence-corrected chi connectivity index (χ3v) is 3.77. The van der Waals surface area contributed by atoms with Crippen LogP contribution in [-0.2, 0) is 12.8 Å². The van der Waals surface area contributed by atoms with Gasteiger partial charge in [0.2, 0.25) is 0 Å². The van der Waals surface area contributed by atoms with E-state index in [1.165, 1.54) is 16.7 Å². The van der Waals surface area contributed by atoms with Crippen molar-refractivity contribution in [1.29, 1.82) is 0 Å². The van der Waals surface area contributed by atoms with Crippen LogP contribution in [-0.4, -0.2) is 13.1 Å². The molecule has 0 amide bonds. The van der Waals surface area contributed by atoms with Crippen LogP contribution in [0.2, 0.25) is 5.02 Å². The number of rotatable bonds is 5. The van der Waals surface area contributed by atoms with Gasteiger partial charge in [-0.25, -0.2) is 0 Å². The zero-order valence-corrected chi connectivity index (χ0v) is 12.2. The van der Waals surface area contributed by atoms with Crippen LogP contribution in [0, 0.1) is 6.92 Å². The number of hydrogen-bond donors (Lipinski definition) is 1. The Morgan fingerprint density at radius 3 is 2.53 bits per heavy atom. The molecule has 1 nitrogen and oxygen atoms in total. The topological polar surface area (TPSA) is 12.0 Å². The van der Waals surface area contributed by atoms with Crippen molar-refractivity contribution in [2.24, 2.45) is 0 Å². The molecule has 0 saturated carbocycles. The van der Waals surface area contributed by atoms with E-state index in [0.717, 1.165) is 17.9 Å². The number of benzene rings is 2. The van der Waals surface area contributed by atoms with E-state index in [1.54, 1.807) is 0 Å². The highest BCUT2D eigenvalue weighted by Crippen LogP contribution is 2.18. The number of hydrogen-bond acceptors (Lipinski definition) is 1. The second kappa shape index (κ2) is 6.74. The molecule has 0 aromatic heterocycles. The highest BCUT2D eigenvalue weighted by molar-refractivity contribution is 6.31. The fourth-order valence-electron chi connectivity index (χ4n) is 2.33. The average molecular weight is 274 g/mol. The van der Waals surface area contributed by atoms with Crippen LogP contribution < -0.4 is 5.32 Å². The first-order chi connectivity index (χ1) is 9.19. The van der Waals surface area contributed by atoms with E-state index in [1.807, 2.05) is 25.2 Å². The van der Waals surface area contributed by atoms with Crippen LogP contribution >= 0.6 is 11.6 Å². The lowest BCUT2D eigenvalue weighted by Crippen LogP contribution is -2.30. The Kier molecular flexibility index (Phi) is 5.00. The summed E-state index contributed by atoms with van der Waals surface area (Å²) < 4.78 is 0. The van der Waals surface area contributed by atoms with Gasteiger partial charge < -0.3 is 5.32 Å². The fourth-order valence-corrected chi connectivity index (χ4v) is 2.54. The van der Waals surface area contributed by atoms with Crippen molar-refractivity contribution in [3.63, 3.8) is 0 Å². The van der Waals surface area contributed by atoms with Gasteiger partial charge in [0, 0.05) is 11.1 Å². The third kappa shape index (κ3) is 4.09. The van der Waals surface area contributed by atoms with E-state index in [-0.39, 0.29) is 0 Å². The van der Waals surface area contributed by atoms with Crippen LogP contribution in [0.4, 0.5) is 0 Å². The first-order valence-electron chi connectivity index (χ1n) is 6.65. The number of halogens is 1. The summed E-state index contributed by atoms with van der Waals surface area (Å²) in [5, 5.41) is 4.24. The lowest BCUT2D eigenvalue weighted by molar-refractivity contribution is 0.556. The van der Waals surface area contributed by atoms with Crippen molar-refractivity contribution in [2.75, 3.05) is 7.05 Å². The molecule has 0 bridgehead atoms. The van der Waals surface area contributed by atoms with Gasteiger partial charge in [0.1, 0.15) is 0 Å². The first-order valence-corrected chi connectivity index (χ1v) is 7.03. The Bertz CT molecular complexity index is 536. The van der Waals surface area contributed by atoms with Crippen molar-refractivity contribution in [1.82, 2.24) is 5.32 Å².